The van der Waals surface area contributed by atoms with Gasteiger partial charge in [-0.2, -0.15) is 0 Å². The van der Waals surface area contributed by atoms with Crippen LogP contribution in [0.5, 0.6) is 5.75 Å². The Labute approximate surface area is 95.6 Å². The molecule has 1 rings (SSSR count). The fraction of sp³-hybridized carbons (Fsp3) is 0.375. The molecule has 1 aromatic rings. The van der Waals surface area contributed by atoms with Crippen molar-refractivity contribution >= 4 is 19.7 Å². The number of methoxy groups -OCH3 is 1. The van der Waals surface area contributed by atoms with Crippen molar-refractivity contribution in [2.75, 3.05) is 7.11 Å². The van der Waals surface area contributed by atoms with Crippen molar-refractivity contribution in [1.82, 2.24) is 4.98 Å². The standard InChI is InChI=1S/C8H8ClF2NO3S/c1-4-6(7(10)11)5(15-2)3-12-8(4)16(9,13)14/h3,7H,1-2H3. The van der Waals surface area contributed by atoms with E-state index in [0.29, 0.717) is 0 Å². The van der Waals surface area contributed by atoms with Crippen molar-refractivity contribution in [2.24, 2.45) is 0 Å². The third-order valence-corrected chi connectivity index (χ3v) is 3.27. The fourth-order valence-corrected chi connectivity index (χ4v) is 2.38. The summed E-state index contributed by atoms with van der Waals surface area (Å²) in [5.41, 5.74) is -0.721. The quantitative estimate of drug-likeness (QED) is 0.792. The van der Waals surface area contributed by atoms with E-state index in [1.807, 2.05) is 0 Å². The van der Waals surface area contributed by atoms with Crippen LogP contribution in [0, 0.1) is 6.92 Å². The molecule has 0 aromatic carbocycles. The van der Waals surface area contributed by atoms with E-state index in [-0.39, 0.29) is 11.3 Å². The number of nitrogens with zero attached hydrogens (tertiary/aromatic N) is 1. The van der Waals surface area contributed by atoms with Gasteiger partial charge in [-0.1, -0.05) is 0 Å². The summed E-state index contributed by atoms with van der Waals surface area (Å²) in [6.07, 6.45) is -1.96. The third kappa shape index (κ3) is 2.41. The highest BCUT2D eigenvalue weighted by Crippen LogP contribution is 2.34. The van der Waals surface area contributed by atoms with Gasteiger partial charge in [-0.3, -0.25) is 0 Å². The molecule has 16 heavy (non-hydrogen) atoms. The zero-order valence-corrected chi connectivity index (χ0v) is 9.94. The molecule has 0 saturated carbocycles. The minimum absolute atomic E-state index is 0.170. The monoisotopic (exact) mass is 271 g/mol. The van der Waals surface area contributed by atoms with E-state index >= 15 is 0 Å². The minimum Gasteiger partial charge on any atom is -0.495 e. The molecule has 0 atom stereocenters. The topological polar surface area (TPSA) is 56.3 Å². The summed E-state index contributed by atoms with van der Waals surface area (Å²) < 4.78 is 52.2. The molecule has 0 aliphatic carbocycles. The molecule has 8 heteroatoms. The van der Waals surface area contributed by atoms with Gasteiger partial charge in [0.15, 0.2) is 5.03 Å². The summed E-state index contributed by atoms with van der Waals surface area (Å²) in [5.74, 6) is -0.170. The highest BCUT2D eigenvalue weighted by Gasteiger charge is 2.25. The summed E-state index contributed by atoms with van der Waals surface area (Å²) in [6.45, 7) is 1.20. The first kappa shape index (κ1) is 13.1. The predicted octanol–water partition coefficient (Wildman–Crippen LogP) is 2.26. The first-order valence-corrected chi connectivity index (χ1v) is 6.36. The van der Waals surface area contributed by atoms with Crippen LogP contribution in [0.1, 0.15) is 17.6 Å². The number of hydrogen-bond donors (Lipinski definition) is 0. The van der Waals surface area contributed by atoms with E-state index in [0.717, 1.165) is 6.20 Å². The molecule has 0 radical (unpaired) electrons. The van der Waals surface area contributed by atoms with Crippen molar-refractivity contribution in [3.63, 3.8) is 0 Å². The number of aromatic nitrogens is 1. The first-order chi connectivity index (χ1) is 7.29. The number of alkyl halides is 2. The van der Waals surface area contributed by atoms with Gasteiger partial charge in [0.2, 0.25) is 0 Å². The fourth-order valence-electron chi connectivity index (χ4n) is 1.26. The molecule has 0 amide bonds. The second kappa shape index (κ2) is 4.50. The Morgan fingerprint density at radius 3 is 2.44 bits per heavy atom. The lowest BCUT2D eigenvalue weighted by molar-refractivity contribution is 0.145. The first-order valence-electron chi connectivity index (χ1n) is 4.05. The zero-order valence-electron chi connectivity index (χ0n) is 8.37. The van der Waals surface area contributed by atoms with Crippen molar-refractivity contribution in [2.45, 2.75) is 18.4 Å². The summed E-state index contributed by atoms with van der Waals surface area (Å²) >= 11 is 0. The average Bonchev–Trinajstić information content (AvgIpc) is 2.14. The normalized spacial score (nSPS) is 11.9. The summed E-state index contributed by atoms with van der Waals surface area (Å²) in [7, 11) is 2.11. The molecule has 0 saturated heterocycles. The van der Waals surface area contributed by atoms with E-state index in [1.54, 1.807) is 0 Å². The second-order valence-corrected chi connectivity index (χ2v) is 5.39. The van der Waals surface area contributed by atoms with Crippen LogP contribution in [0.3, 0.4) is 0 Å². The highest BCUT2D eigenvalue weighted by atomic mass is 35.7. The van der Waals surface area contributed by atoms with Gasteiger partial charge in [0.05, 0.1) is 18.9 Å². The summed E-state index contributed by atoms with van der Waals surface area (Å²) in [4.78, 5) is 3.49. The Morgan fingerprint density at radius 2 is 2.06 bits per heavy atom. The minimum atomic E-state index is -4.14. The molecule has 0 aliphatic heterocycles. The van der Waals surface area contributed by atoms with Crippen LogP contribution in [0.15, 0.2) is 11.2 Å². The molecule has 0 fully saturated rings. The van der Waals surface area contributed by atoms with Gasteiger partial charge < -0.3 is 4.74 Å². The van der Waals surface area contributed by atoms with Crippen LogP contribution in [-0.4, -0.2) is 20.5 Å². The van der Waals surface area contributed by atoms with Gasteiger partial charge >= 0.3 is 0 Å². The SMILES string of the molecule is COc1cnc(S(=O)(=O)Cl)c(C)c1C(F)F. The van der Waals surface area contributed by atoms with Crippen LogP contribution in [0.25, 0.3) is 0 Å². The number of hydrogen-bond acceptors (Lipinski definition) is 4. The molecule has 1 aromatic heterocycles. The largest absolute Gasteiger partial charge is 0.495 e. The number of pyridine rings is 1. The van der Waals surface area contributed by atoms with Crippen molar-refractivity contribution in [1.29, 1.82) is 0 Å². The van der Waals surface area contributed by atoms with Gasteiger partial charge in [0, 0.05) is 16.2 Å². The van der Waals surface area contributed by atoms with Crippen molar-refractivity contribution < 1.29 is 21.9 Å². The maximum absolute atomic E-state index is 12.7. The lowest BCUT2D eigenvalue weighted by Crippen LogP contribution is -2.05. The Kier molecular flexibility index (Phi) is 3.69. The van der Waals surface area contributed by atoms with Crippen molar-refractivity contribution in [3.05, 3.63) is 17.3 Å². The molecule has 0 bridgehead atoms. The Morgan fingerprint density at radius 1 is 1.50 bits per heavy atom. The number of halogens is 3. The molecule has 0 N–H and O–H groups in total. The average molecular weight is 272 g/mol. The molecule has 4 nitrogen and oxygen atoms in total. The maximum Gasteiger partial charge on any atom is 0.278 e. The van der Waals surface area contributed by atoms with E-state index in [9.17, 15) is 17.2 Å². The number of rotatable bonds is 3. The van der Waals surface area contributed by atoms with Crippen LogP contribution >= 0.6 is 10.7 Å². The third-order valence-electron chi connectivity index (χ3n) is 1.96. The second-order valence-electron chi connectivity index (χ2n) is 2.91. The van der Waals surface area contributed by atoms with Gasteiger partial charge in [-0.15, -0.1) is 0 Å². The molecular weight excluding hydrogens is 264 g/mol. The molecule has 1 heterocycles. The molecule has 0 aliphatic rings. The van der Waals surface area contributed by atoms with Gasteiger partial charge in [0.25, 0.3) is 15.5 Å². The maximum atomic E-state index is 12.7. The summed E-state index contributed by atoms with van der Waals surface area (Å²) in [6, 6.07) is 0. The molecule has 0 spiro atoms. The molecular formula is C8H8ClF2NO3S. The summed E-state index contributed by atoms with van der Waals surface area (Å²) in [5, 5.41) is -0.578. The lowest BCUT2D eigenvalue weighted by Gasteiger charge is -2.12. The van der Waals surface area contributed by atoms with E-state index in [1.165, 1.54) is 14.0 Å². The van der Waals surface area contributed by atoms with E-state index in [4.69, 9.17) is 10.7 Å². The van der Waals surface area contributed by atoms with Crippen LogP contribution in [-0.2, 0) is 9.05 Å². The van der Waals surface area contributed by atoms with E-state index < -0.39 is 26.1 Å². The Balaban J connectivity index is 3.57. The van der Waals surface area contributed by atoms with Gasteiger partial charge in [0.1, 0.15) is 5.75 Å². The Hall–Kier alpha value is -0.950. The van der Waals surface area contributed by atoms with Gasteiger partial charge in [-0.25, -0.2) is 22.2 Å². The van der Waals surface area contributed by atoms with Crippen molar-refractivity contribution in [3.8, 4) is 5.75 Å². The Bertz CT molecular complexity index is 504. The van der Waals surface area contributed by atoms with Crippen LogP contribution in [0.2, 0.25) is 0 Å². The van der Waals surface area contributed by atoms with Gasteiger partial charge in [-0.05, 0) is 6.92 Å². The predicted molar refractivity (Wildman–Crippen MR) is 53.5 cm³/mol. The lowest BCUT2D eigenvalue weighted by atomic mass is 10.1. The zero-order chi connectivity index (χ0) is 12.5. The van der Waals surface area contributed by atoms with E-state index in [2.05, 4.69) is 9.72 Å². The molecule has 90 valence electrons. The number of ether oxygens (including phenoxy) is 1. The molecule has 0 unspecified atom stereocenters. The highest BCUT2D eigenvalue weighted by molar-refractivity contribution is 8.13. The smallest absolute Gasteiger partial charge is 0.278 e. The van der Waals surface area contributed by atoms with Crippen LogP contribution in [0.4, 0.5) is 8.78 Å². The van der Waals surface area contributed by atoms with Crippen LogP contribution < -0.4 is 4.74 Å².